The molecule has 23 heavy (non-hydrogen) atoms. The van der Waals surface area contributed by atoms with Gasteiger partial charge in [0.1, 0.15) is 0 Å². The van der Waals surface area contributed by atoms with Gasteiger partial charge in [0.2, 0.25) is 5.82 Å². The van der Waals surface area contributed by atoms with Crippen LogP contribution in [0.2, 0.25) is 0 Å². The number of benzene rings is 2. The summed E-state index contributed by atoms with van der Waals surface area (Å²) in [5, 5.41) is 0.460. The van der Waals surface area contributed by atoms with Crippen molar-refractivity contribution < 1.29 is 31.1 Å². The third kappa shape index (κ3) is 3.09. The first kappa shape index (κ1) is 17.1. The Bertz CT molecular complexity index is 849. The maximum Gasteiger partial charge on any atom is 0.573 e. The van der Waals surface area contributed by atoms with E-state index in [1.54, 1.807) is 0 Å². The third-order valence-electron chi connectivity index (χ3n) is 3.07. The van der Waals surface area contributed by atoms with Gasteiger partial charge < -0.3 is 9.15 Å². The molecule has 3 aromatic rings. The molecule has 0 unspecified atom stereocenters. The van der Waals surface area contributed by atoms with Gasteiger partial charge in [0.25, 0.3) is 0 Å². The van der Waals surface area contributed by atoms with Crippen molar-refractivity contribution in [3.8, 4) is 5.75 Å². The number of hydrogen-bond acceptors (Lipinski definition) is 2. The van der Waals surface area contributed by atoms with Crippen LogP contribution in [-0.2, 0) is 0 Å². The minimum absolute atomic E-state index is 0.177. The van der Waals surface area contributed by atoms with Crippen molar-refractivity contribution in [1.29, 1.82) is 0 Å². The van der Waals surface area contributed by atoms with E-state index in [0.717, 1.165) is 6.07 Å². The molecule has 124 valence electrons. The monoisotopic (exact) mass is 332 g/mol. The molecule has 0 aliphatic heterocycles. The molecule has 0 atom stereocenters. The standard InChI is InChI=1S/C14H7F5O2.C2H6/c1-6-2-3-7-8-4-5-9(21-14(17,18)19)11(16)13(8)20-12(7)10(6)15;1-2/h2-5H,1H3;1-2H3. The number of furan rings is 1. The van der Waals surface area contributed by atoms with Crippen LogP contribution in [0.25, 0.3) is 21.9 Å². The van der Waals surface area contributed by atoms with Gasteiger partial charge in [-0.1, -0.05) is 26.0 Å². The minimum atomic E-state index is -5.03. The van der Waals surface area contributed by atoms with Crippen LogP contribution >= 0.6 is 0 Å². The molecule has 0 spiro atoms. The molecule has 0 saturated heterocycles. The first-order valence-corrected chi connectivity index (χ1v) is 6.83. The van der Waals surface area contributed by atoms with Crippen LogP contribution in [0.3, 0.4) is 0 Å². The molecular formula is C16H13F5O2. The van der Waals surface area contributed by atoms with Crippen molar-refractivity contribution in [2.24, 2.45) is 0 Å². The van der Waals surface area contributed by atoms with Crippen LogP contribution in [-0.4, -0.2) is 6.36 Å². The summed E-state index contributed by atoms with van der Waals surface area (Å²) in [4.78, 5) is 0. The molecule has 0 aliphatic carbocycles. The van der Waals surface area contributed by atoms with E-state index in [9.17, 15) is 22.0 Å². The Morgan fingerprint density at radius 2 is 1.39 bits per heavy atom. The average Bonchev–Trinajstić information content (AvgIpc) is 2.87. The molecule has 1 heterocycles. The van der Waals surface area contributed by atoms with E-state index >= 15 is 0 Å². The first-order valence-electron chi connectivity index (χ1n) is 6.83. The van der Waals surface area contributed by atoms with Crippen molar-refractivity contribution in [3.05, 3.63) is 41.5 Å². The highest BCUT2D eigenvalue weighted by Crippen LogP contribution is 2.37. The molecule has 0 N–H and O–H groups in total. The molecule has 0 aliphatic rings. The van der Waals surface area contributed by atoms with Gasteiger partial charge in [0.15, 0.2) is 22.7 Å². The second kappa shape index (κ2) is 6.06. The largest absolute Gasteiger partial charge is 0.573 e. The Balaban J connectivity index is 0.000000924. The maximum atomic E-state index is 14.0. The van der Waals surface area contributed by atoms with Crippen molar-refractivity contribution >= 4 is 21.9 Å². The summed E-state index contributed by atoms with van der Waals surface area (Å²) in [6.07, 6.45) is -5.03. The molecule has 2 nitrogen and oxygen atoms in total. The van der Waals surface area contributed by atoms with E-state index in [1.807, 2.05) is 13.8 Å². The summed E-state index contributed by atoms with van der Waals surface area (Å²) in [6.45, 7) is 5.50. The van der Waals surface area contributed by atoms with Crippen LogP contribution in [0.4, 0.5) is 22.0 Å². The highest BCUT2D eigenvalue weighted by molar-refractivity contribution is 6.05. The topological polar surface area (TPSA) is 22.4 Å². The predicted molar refractivity (Wildman–Crippen MR) is 76.4 cm³/mol. The molecule has 0 radical (unpaired) electrons. The van der Waals surface area contributed by atoms with Crippen LogP contribution in [0.1, 0.15) is 19.4 Å². The normalized spacial score (nSPS) is 11.5. The number of halogens is 5. The zero-order chi connectivity index (χ0) is 17.4. The fourth-order valence-corrected chi connectivity index (χ4v) is 2.12. The van der Waals surface area contributed by atoms with Crippen LogP contribution in [0.15, 0.2) is 28.7 Å². The van der Waals surface area contributed by atoms with Gasteiger partial charge in [-0.3, -0.25) is 0 Å². The van der Waals surface area contributed by atoms with Gasteiger partial charge >= 0.3 is 6.36 Å². The van der Waals surface area contributed by atoms with E-state index in [-0.39, 0.29) is 21.9 Å². The highest BCUT2D eigenvalue weighted by atomic mass is 19.4. The van der Waals surface area contributed by atoms with Gasteiger partial charge in [-0.25, -0.2) is 4.39 Å². The maximum absolute atomic E-state index is 14.0. The van der Waals surface area contributed by atoms with Gasteiger partial charge in [-0.2, -0.15) is 4.39 Å². The molecule has 3 rings (SSSR count). The summed E-state index contributed by atoms with van der Waals surface area (Å²) in [5.41, 5.74) is -0.391. The Hall–Kier alpha value is -2.31. The number of alkyl halides is 3. The van der Waals surface area contributed by atoms with Gasteiger partial charge in [-0.15, -0.1) is 13.2 Å². The Kier molecular flexibility index (Phi) is 4.49. The molecule has 0 saturated carbocycles. The van der Waals surface area contributed by atoms with Crippen LogP contribution < -0.4 is 4.74 Å². The van der Waals surface area contributed by atoms with Gasteiger partial charge in [0, 0.05) is 10.8 Å². The SMILES string of the molecule is CC.Cc1ccc2c(oc3c(F)c(OC(F)(F)F)ccc32)c1F. The van der Waals surface area contributed by atoms with Crippen molar-refractivity contribution in [2.45, 2.75) is 27.1 Å². The quantitative estimate of drug-likeness (QED) is 0.503. The van der Waals surface area contributed by atoms with E-state index < -0.39 is 29.3 Å². The van der Waals surface area contributed by atoms with Crippen molar-refractivity contribution in [2.75, 3.05) is 0 Å². The lowest BCUT2D eigenvalue weighted by Crippen LogP contribution is -2.17. The number of aryl methyl sites for hydroxylation is 1. The molecule has 0 fully saturated rings. The van der Waals surface area contributed by atoms with Crippen molar-refractivity contribution in [1.82, 2.24) is 0 Å². The lowest BCUT2D eigenvalue weighted by Gasteiger charge is -2.09. The molecule has 1 aromatic heterocycles. The van der Waals surface area contributed by atoms with Crippen molar-refractivity contribution in [3.63, 3.8) is 0 Å². The van der Waals surface area contributed by atoms with Gasteiger partial charge in [-0.05, 0) is 24.6 Å². The summed E-state index contributed by atoms with van der Waals surface area (Å²) in [5.74, 6) is -3.02. The fraction of sp³-hybridized carbons (Fsp3) is 0.250. The molecular weight excluding hydrogens is 319 g/mol. The van der Waals surface area contributed by atoms with E-state index in [2.05, 4.69) is 4.74 Å². The van der Waals surface area contributed by atoms with Gasteiger partial charge in [0.05, 0.1) is 0 Å². The molecule has 0 bridgehead atoms. The summed E-state index contributed by atoms with van der Waals surface area (Å²) < 4.78 is 73.0. The zero-order valence-electron chi connectivity index (χ0n) is 12.5. The van der Waals surface area contributed by atoms with Crippen LogP contribution in [0, 0.1) is 18.6 Å². The number of fused-ring (bicyclic) bond motifs is 3. The lowest BCUT2D eigenvalue weighted by molar-refractivity contribution is -0.275. The first-order chi connectivity index (χ1) is 10.8. The predicted octanol–water partition coefficient (Wildman–Crippen LogP) is 6.10. The molecule has 2 aromatic carbocycles. The highest BCUT2D eigenvalue weighted by Gasteiger charge is 2.33. The molecule has 0 amide bonds. The Labute approximate surface area is 128 Å². The summed E-state index contributed by atoms with van der Waals surface area (Å²) in [7, 11) is 0. The molecule has 7 heteroatoms. The van der Waals surface area contributed by atoms with E-state index in [0.29, 0.717) is 0 Å². The Morgan fingerprint density at radius 3 is 1.96 bits per heavy atom. The second-order valence-corrected chi connectivity index (χ2v) is 4.48. The zero-order valence-corrected chi connectivity index (χ0v) is 12.5. The van der Waals surface area contributed by atoms with E-state index in [1.165, 1.54) is 25.1 Å². The summed E-state index contributed by atoms with van der Waals surface area (Å²) >= 11 is 0. The fourth-order valence-electron chi connectivity index (χ4n) is 2.12. The average molecular weight is 332 g/mol. The lowest BCUT2D eigenvalue weighted by atomic mass is 10.1. The summed E-state index contributed by atoms with van der Waals surface area (Å²) in [6, 6.07) is 5.02. The second-order valence-electron chi connectivity index (χ2n) is 4.48. The third-order valence-corrected chi connectivity index (χ3v) is 3.07. The van der Waals surface area contributed by atoms with E-state index in [4.69, 9.17) is 4.42 Å². The van der Waals surface area contributed by atoms with Crippen LogP contribution in [0.5, 0.6) is 5.75 Å². The number of ether oxygens (including phenoxy) is 1. The number of hydrogen-bond donors (Lipinski definition) is 0. The smallest absolute Gasteiger partial charge is 0.450 e. The Morgan fingerprint density at radius 1 is 0.870 bits per heavy atom. The minimum Gasteiger partial charge on any atom is -0.450 e. The number of rotatable bonds is 1.